The van der Waals surface area contributed by atoms with Crippen LogP contribution in [-0.2, 0) is 4.79 Å². The Morgan fingerprint density at radius 1 is 1.26 bits per heavy atom. The first-order chi connectivity index (χ1) is 11.0. The number of carbonyl (C=O) groups is 1. The van der Waals surface area contributed by atoms with E-state index in [1.54, 1.807) is 0 Å². The third-order valence-electron chi connectivity index (χ3n) is 4.37. The second-order valence-corrected chi connectivity index (χ2v) is 7.34. The van der Waals surface area contributed by atoms with Gasteiger partial charge in [-0.15, -0.1) is 0 Å². The summed E-state index contributed by atoms with van der Waals surface area (Å²) in [5, 5.41) is 0.873. The molecule has 0 unspecified atom stereocenters. The van der Waals surface area contributed by atoms with Crippen LogP contribution in [0.5, 0.6) is 0 Å². The largest absolute Gasteiger partial charge is 0.378 e. The van der Waals surface area contributed by atoms with Crippen molar-refractivity contribution in [1.29, 1.82) is 0 Å². The summed E-state index contributed by atoms with van der Waals surface area (Å²) < 4.78 is 0. The molecule has 1 aromatic carbocycles. The van der Waals surface area contributed by atoms with Crippen molar-refractivity contribution in [1.82, 2.24) is 4.90 Å². The van der Waals surface area contributed by atoms with E-state index in [2.05, 4.69) is 33.8 Å². The van der Waals surface area contributed by atoms with Crippen LogP contribution in [0.25, 0.3) is 6.08 Å². The predicted octanol–water partition coefficient (Wildman–Crippen LogP) is 3.60. The molecule has 0 radical (unpaired) electrons. The summed E-state index contributed by atoms with van der Waals surface area (Å²) in [5.41, 5.74) is 2.19. The van der Waals surface area contributed by atoms with Crippen molar-refractivity contribution in [3.63, 3.8) is 0 Å². The van der Waals surface area contributed by atoms with Crippen molar-refractivity contribution >= 4 is 34.6 Å². The molecule has 4 nitrogen and oxygen atoms in total. The third-order valence-corrected chi connectivity index (χ3v) is 5.39. The SMILES string of the molecule is C[C@@H]1CCCCN1C1=NC(=O)/C(=C\c2ccc(N(C)C)cc2)S1. The van der Waals surface area contributed by atoms with E-state index in [4.69, 9.17) is 0 Å². The van der Waals surface area contributed by atoms with Crippen LogP contribution >= 0.6 is 11.8 Å². The molecule has 1 atom stereocenters. The van der Waals surface area contributed by atoms with Crippen molar-refractivity contribution in [2.24, 2.45) is 4.99 Å². The lowest BCUT2D eigenvalue weighted by Gasteiger charge is -2.34. The molecule has 1 fully saturated rings. The number of piperidine rings is 1. The van der Waals surface area contributed by atoms with Crippen LogP contribution in [0, 0.1) is 0 Å². The second kappa shape index (κ2) is 6.79. The Labute approximate surface area is 142 Å². The van der Waals surface area contributed by atoms with Crippen molar-refractivity contribution in [3.05, 3.63) is 34.7 Å². The average molecular weight is 329 g/mol. The molecule has 1 amide bonds. The van der Waals surface area contributed by atoms with Gasteiger partial charge in [-0.2, -0.15) is 4.99 Å². The van der Waals surface area contributed by atoms with Crippen LogP contribution in [0.15, 0.2) is 34.2 Å². The zero-order valence-corrected chi connectivity index (χ0v) is 14.8. The minimum atomic E-state index is -0.112. The highest BCUT2D eigenvalue weighted by Crippen LogP contribution is 2.33. The molecule has 1 aromatic rings. The molecule has 1 saturated heterocycles. The number of hydrogen-bond donors (Lipinski definition) is 0. The Morgan fingerprint density at radius 3 is 2.65 bits per heavy atom. The van der Waals surface area contributed by atoms with Crippen LogP contribution in [-0.4, -0.2) is 42.7 Å². The van der Waals surface area contributed by atoms with Gasteiger partial charge in [0, 0.05) is 32.4 Å². The van der Waals surface area contributed by atoms with Gasteiger partial charge in [-0.3, -0.25) is 4.79 Å². The van der Waals surface area contributed by atoms with Gasteiger partial charge in [0.15, 0.2) is 5.17 Å². The first kappa shape index (κ1) is 16.1. The number of aliphatic imine (C=N–C) groups is 1. The lowest BCUT2D eigenvalue weighted by molar-refractivity contribution is -0.113. The van der Waals surface area contributed by atoms with Crippen molar-refractivity contribution < 1.29 is 4.79 Å². The molecule has 23 heavy (non-hydrogen) atoms. The normalized spacial score (nSPS) is 23.3. The van der Waals surface area contributed by atoms with Crippen LogP contribution in [0.4, 0.5) is 5.69 Å². The molecular formula is C18H23N3OS. The van der Waals surface area contributed by atoms with E-state index in [-0.39, 0.29) is 5.91 Å². The van der Waals surface area contributed by atoms with Crippen molar-refractivity contribution in [2.75, 3.05) is 25.5 Å². The fourth-order valence-electron chi connectivity index (χ4n) is 2.92. The van der Waals surface area contributed by atoms with Gasteiger partial charge in [-0.1, -0.05) is 12.1 Å². The number of rotatable bonds is 2. The van der Waals surface area contributed by atoms with Crippen LogP contribution in [0.3, 0.4) is 0 Å². The highest BCUT2D eigenvalue weighted by Gasteiger charge is 2.29. The number of nitrogens with zero attached hydrogens (tertiary/aromatic N) is 3. The maximum absolute atomic E-state index is 12.2. The summed E-state index contributed by atoms with van der Waals surface area (Å²) in [6.07, 6.45) is 5.57. The summed E-state index contributed by atoms with van der Waals surface area (Å²) in [5.74, 6) is -0.112. The molecule has 3 rings (SSSR count). The topological polar surface area (TPSA) is 35.9 Å². The number of likely N-dealkylation sites (tertiary alicyclic amines) is 1. The van der Waals surface area contributed by atoms with E-state index < -0.39 is 0 Å². The van der Waals surface area contributed by atoms with Gasteiger partial charge in [0.25, 0.3) is 5.91 Å². The Bertz CT molecular complexity index is 649. The quantitative estimate of drug-likeness (QED) is 0.777. The van der Waals surface area contributed by atoms with Crippen molar-refractivity contribution in [2.45, 2.75) is 32.2 Å². The number of carbonyl (C=O) groups excluding carboxylic acids is 1. The molecule has 122 valence electrons. The van der Waals surface area contributed by atoms with Gasteiger partial charge in [0.2, 0.25) is 0 Å². The first-order valence-corrected chi connectivity index (χ1v) is 8.93. The van der Waals surface area contributed by atoms with Gasteiger partial charge < -0.3 is 9.80 Å². The summed E-state index contributed by atoms with van der Waals surface area (Å²) in [6.45, 7) is 3.22. The molecule has 0 aromatic heterocycles. The fourth-order valence-corrected chi connectivity index (χ4v) is 3.96. The monoisotopic (exact) mass is 329 g/mol. The lowest BCUT2D eigenvalue weighted by atomic mass is 10.1. The van der Waals surface area contributed by atoms with Crippen LogP contribution < -0.4 is 4.90 Å². The molecule has 0 saturated carbocycles. The number of amides is 1. The van der Waals surface area contributed by atoms with Gasteiger partial charge in [-0.05, 0) is 61.7 Å². The molecular weight excluding hydrogens is 306 g/mol. The van der Waals surface area contributed by atoms with Crippen molar-refractivity contribution in [3.8, 4) is 0 Å². The van der Waals surface area contributed by atoms with E-state index in [1.807, 2.05) is 32.3 Å². The van der Waals surface area contributed by atoms with Gasteiger partial charge in [0.1, 0.15) is 0 Å². The number of anilines is 1. The fraction of sp³-hybridized carbons (Fsp3) is 0.444. The minimum absolute atomic E-state index is 0.112. The third kappa shape index (κ3) is 3.61. The highest BCUT2D eigenvalue weighted by atomic mass is 32.2. The zero-order chi connectivity index (χ0) is 16.4. The molecule has 2 heterocycles. The smallest absolute Gasteiger partial charge is 0.286 e. The number of amidine groups is 1. The van der Waals surface area contributed by atoms with Gasteiger partial charge in [0.05, 0.1) is 4.91 Å². The Morgan fingerprint density at radius 2 is 2.00 bits per heavy atom. The van der Waals surface area contributed by atoms with E-state index in [9.17, 15) is 4.79 Å². The summed E-state index contributed by atoms with van der Waals surface area (Å²) in [4.78, 5) is 21.5. The molecule has 0 aliphatic carbocycles. The molecule has 0 spiro atoms. The Kier molecular flexibility index (Phi) is 4.76. The lowest BCUT2D eigenvalue weighted by Crippen LogP contribution is -2.40. The molecule has 5 heteroatoms. The predicted molar refractivity (Wildman–Crippen MR) is 98.8 cm³/mol. The number of thioether (sulfide) groups is 1. The summed E-state index contributed by atoms with van der Waals surface area (Å²) in [7, 11) is 4.04. The summed E-state index contributed by atoms with van der Waals surface area (Å²) >= 11 is 1.51. The number of hydrogen-bond acceptors (Lipinski definition) is 4. The first-order valence-electron chi connectivity index (χ1n) is 8.11. The molecule has 2 aliphatic heterocycles. The average Bonchev–Trinajstić information content (AvgIpc) is 2.89. The van der Waals surface area contributed by atoms with Gasteiger partial charge in [-0.25, -0.2) is 0 Å². The van der Waals surface area contributed by atoms with E-state index in [0.717, 1.165) is 27.9 Å². The summed E-state index contributed by atoms with van der Waals surface area (Å²) in [6, 6.07) is 8.67. The Hall–Kier alpha value is -1.75. The van der Waals surface area contributed by atoms with E-state index >= 15 is 0 Å². The molecule has 2 aliphatic rings. The maximum atomic E-state index is 12.2. The maximum Gasteiger partial charge on any atom is 0.286 e. The minimum Gasteiger partial charge on any atom is -0.378 e. The second-order valence-electron chi connectivity index (χ2n) is 6.33. The van der Waals surface area contributed by atoms with E-state index in [1.165, 1.54) is 31.0 Å². The molecule has 0 N–H and O–H groups in total. The zero-order valence-electron chi connectivity index (χ0n) is 14.0. The van der Waals surface area contributed by atoms with Crippen LogP contribution in [0.1, 0.15) is 31.7 Å². The number of benzene rings is 1. The van der Waals surface area contributed by atoms with Crippen LogP contribution in [0.2, 0.25) is 0 Å². The molecule has 0 bridgehead atoms. The highest BCUT2D eigenvalue weighted by molar-refractivity contribution is 8.18. The Balaban J connectivity index is 1.74. The van der Waals surface area contributed by atoms with E-state index in [0.29, 0.717) is 6.04 Å². The standard InChI is InChI=1S/C18H23N3OS/c1-13-6-4-5-11-21(13)18-19-17(22)16(23-18)12-14-7-9-15(10-8-14)20(2)3/h7-10,12-13H,4-6,11H2,1-3H3/b16-12+/t13-/m1/s1. The van der Waals surface area contributed by atoms with Gasteiger partial charge >= 0.3 is 0 Å².